The molecular weight excluding hydrogens is 284 g/mol. The number of benzene rings is 2. The number of rotatable bonds is 4. The van der Waals surface area contributed by atoms with Crippen LogP contribution in [0.5, 0.6) is 0 Å². The number of hydrogen-bond donors (Lipinski definition) is 3. The van der Waals surface area contributed by atoms with Crippen LogP contribution in [0.25, 0.3) is 0 Å². The summed E-state index contributed by atoms with van der Waals surface area (Å²) in [6, 6.07) is 16.9. The van der Waals surface area contributed by atoms with Gasteiger partial charge in [-0.05, 0) is 38.4 Å². The summed E-state index contributed by atoms with van der Waals surface area (Å²) in [7, 11) is 0. The van der Waals surface area contributed by atoms with Crippen molar-refractivity contribution in [2.24, 2.45) is 5.73 Å². The second-order valence-electron chi connectivity index (χ2n) is 5.27. The molecule has 0 aromatic heterocycles. The first-order valence-corrected chi connectivity index (χ1v) is 8.20. The Hall–Kier alpha value is -1.68. The standard InChI is InChI=1S/C10H15N.C8H11N.C2H6O/c1-3-11-8-10-6-4-9(2)5-7-10;1-7-2-4-8(6-9)5-3-7;1-2-3/h4-7,11H,3,8H2,1-2H3;2-5H,6,9H2,1H3;3H,2H2,1H3. The Kier molecular flexibility index (Phi) is 12.9. The Morgan fingerprint density at radius 1 is 0.826 bits per heavy atom. The zero-order valence-corrected chi connectivity index (χ0v) is 15.0. The van der Waals surface area contributed by atoms with E-state index in [1.54, 1.807) is 6.92 Å². The van der Waals surface area contributed by atoms with E-state index in [0.717, 1.165) is 13.1 Å². The van der Waals surface area contributed by atoms with Crippen molar-refractivity contribution in [3.05, 3.63) is 70.8 Å². The Labute approximate surface area is 141 Å². The minimum Gasteiger partial charge on any atom is -0.397 e. The molecule has 0 spiro atoms. The van der Waals surface area contributed by atoms with Gasteiger partial charge < -0.3 is 16.2 Å². The van der Waals surface area contributed by atoms with Crippen molar-refractivity contribution in [3.8, 4) is 0 Å². The molecule has 0 aliphatic carbocycles. The lowest BCUT2D eigenvalue weighted by Gasteiger charge is -2.01. The van der Waals surface area contributed by atoms with E-state index >= 15 is 0 Å². The predicted molar refractivity (Wildman–Crippen MR) is 100 cm³/mol. The molecule has 23 heavy (non-hydrogen) atoms. The summed E-state index contributed by atoms with van der Waals surface area (Å²) in [4.78, 5) is 0. The number of hydrogen-bond acceptors (Lipinski definition) is 3. The zero-order chi connectivity index (χ0) is 17.5. The predicted octanol–water partition coefficient (Wildman–Crippen LogP) is 3.56. The molecule has 0 aliphatic heterocycles. The van der Waals surface area contributed by atoms with E-state index in [9.17, 15) is 0 Å². The van der Waals surface area contributed by atoms with E-state index in [-0.39, 0.29) is 6.61 Å². The van der Waals surface area contributed by atoms with Crippen LogP contribution in [0.15, 0.2) is 48.5 Å². The lowest BCUT2D eigenvalue weighted by molar-refractivity contribution is 0.318. The van der Waals surface area contributed by atoms with E-state index in [2.05, 4.69) is 74.6 Å². The normalized spacial score (nSPS) is 9.30. The van der Waals surface area contributed by atoms with Crippen LogP contribution in [0.3, 0.4) is 0 Å². The summed E-state index contributed by atoms with van der Waals surface area (Å²) in [5.74, 6) is 0. The van der Waals surface area contributed by atoms with Gasteiger partial charge >= 0.3 is 0 Å². The number of aryl methyl sites for hydroxylation is 2. The van der Waals surface area contributed by atoms with Crippen molar-refractivity contribution in [1.82, 2.24) is 5.32 Å². The van der Waals surface area contributed by atoms with Gasteiger partial charge in [-0.2, -0.15) is 0 Å². The van der Waals surface area contributed by atoms with Crippen LogP contribution in [0.1, 0.15) is 36.1 Å². The topological polar surface area (TPSA) is 58.3 Å². The van der Waals surface area contributed by atoms with Crippen LogP contribution >= 0.6 is 0 Å². The zero-order valence-electron chi connectivity index (χ0n) is 15.0. The van der Waals surface area contributed by atoms with Crippen LogP contribution in [-0.2, 0) is 13.1 Å². The third-order valence-corrected chi connectivity index (χ3v) is 3.06. The van der Waals surface area contributed by atoms with E-state index < -0.39 is 0 Å². The monoisotopic (exact) mass is 316 g/mol. The third-order valence-electron chi connectivity index (χ3n) is 3.06. The average Bonchev–Trinajstić information content (AvgIpc) is 2.56. The summed E-state index contributed by atoms with van der Waals surface area (Å²) in [6.45, 7) is 10.9. The average molecular weight is 316 g/mol. The quantitative estimate of drug-likeness (QED) is 0.808. The van der Waals surface area contributed by atoms with E-state index in [1.807, 2.05) is 0 Å². The first-order valence-electron chi connectivity index (χ1n) is 8.20. The van der Waals surface area contributed by atoms with Crippen molar-refractivity contribution >= 4 is 0 Å². The molecule has 128 valence electrons. The molecule has 2 aromatic carbocycles. The fourth-order valence-electron chi connectivity index (χ4n) is 1.70. The van der Waals surface area contributed by atoms with Gasteiger partial charge in [0.2, 0.25) is 0 Å². The highest BCUT2D eigenvalue weighted by molar-refractivity contribution is 5.21. The van der Waals surface area contributed by atoms with E-state index in [0.29, 0.717) is 6.54 Å². The molecule has 3 heteroatoms. The summed E-state index contributed by atoms with van der Waals surface area (Å²) >= 11 is 0. The molecule has 0 aliphatic rings. The molecule has 0 fully saturated rings. The van der Waals surface area contributed by atoms with Gasteiger partial charge in [0, 0.05) is 19.7 Å². The Morgan fingerprint density at radius 3 is 1.57 bits per heavy atom. The van der Waals surface area contributed by atoms with Gasteiger partial charge in [-0.1, -0.05) is 66.6 Å². The van der Waals surface area contributed by atoms with Gasteiger partial charge in [0.1, 0.15) is 0 Å². The van der Waals surface area contributed by atoms with E-state index in [1.165, 1.54) is 22.3 Å². The molecular formula is C20H32N2O. The molecule has 0 unspecified atom stereocenters. The molecule has 0 saturated heterocycles. The molecule has 0 bridgehead atoms. The van der Waals surface area contributed by atoms with Gasteiger partial charge in [0.05, 0.1) is 0 Å². The maximum absolute atomic E-state index is 7.57. The summed E-state index contributed by atoms with van der Waals surface area (Å²) in [5.41, 5.74) is 10.6. The molecule has 0 radical (unpaired) electrons. The van der Waals surface area contributed by atoms with Crippen LogP contribution in [0.2, 0.25) is 0 Å². The molecule has 2 aromatic rings. The Balaban J connectivity index is 0.000000365. The fourth-order valence-corrected chi connectivity index (χ4v) is 1.70. The number of aliphatic hydroxyl groups excluding tert-OH is 1. The maximum atomic E-state index is 7.57. The van der Waals surface area contributed by atoms with Crippen molar-refractivity contribution in [1.29, 1.82) is 0 Å². The molecule has 3 nitrogen and oxygen atoms in total. The molecule has 0 atom stereocenters. The summed E-state index contributed by atoms with van der Waals surface area (Å²) in [5, 5.41) is 10.9. The number of aliphatic hydroxyl groups is 1. The van der Waals surface area contributed by atoms with Crippen molar-refractivity contribution in [2.45, 2.75) is 40.8 Å². The maximum Gasteiger partial charge on any atom is 0.0402 e. The highest BCUT2D eigenvalue weighted by atomic mass is 16.2. The van der Waals surface area contributed by atoms with Gasteiger partial charge in [0.25, 0.3) is 0 Å². The smallest absolute Gasteiger partial charge is 0.0402 e. The van der Waals surface area contributed by atoms with Gasteiger partial charge in [0.15, 0.2) is 0 Å². The number of nitrogens with two attached hydrogens (primary N) is 1. The Morgan fingerprint density at radius 2 is 1.22 bits per heavy atom. The van der Waals surface area contributed by atoms with Crippen LogP contribution < -0.4 is 11.1 Å². The highest BCUT2D eigenvalue weighted by Crippen LogP contribution is 2.02. The Bertz CT molecular complexity index is 492. The molecule has 0 amide bonds. The van der Waals surface area contributed by atoms with Crippen LogP contribution in [-0.4, -0.2) is 18.3 Å². The largest absolute Gasteiger partial charge is 0.397 e. The van der Waals surface area contributed by atoms with E-state index in [4.69, 9.17) is 10.8 Å². The number of nitrogens with one attached hydrogen (secondary N) is 1. The lowest BCUT2D eigenvalue weighted by atomic mass is 10.1. The minimum absolute atomic E-state index is 0.250. The first kappa shape index (κ1) is 21.3. The third kappa shape index (κ3) is 11.5. The van der Waals surface area contributed by atoms with Gasteiger partial charge in [-0.25, -0.2) is 0 Å². The summed E-state index contributed by atoms with van der Waals surface area (Å²) < 4.78 is 0. The van der Waals surface area contributed by atoms with Crippen LogP contribution in [0, 0.1) is 13.8 Å². The van der Waals surface area contributed by atoms with Gasteiger partial charge in [-0.3, -0.25) is 0 Å². The molecule has 4 N–H and O–H groups in total. The second kappa shape index (κ2) is 13.9. The minimum atomic E-state index is 0.250. The highest BCUT2D eigenvalue weighted by Gasteiger charge is 1.89. The van der Waals surface area contributed by atoms with Crippen molar-refractivity contribution in [3.63, 3.8) is 0 Å². The SMILES string of the molecule is CCNCc1ccc(C)cc1.CCO.Cc1ccc(CN)cc1. The van der Waals surface area contributed by atoms with Crippen molar-refractivity contribution < 1.29 is 5.11 Å². The van der Waals surface area contributed by atoms with Gasteiger partial charge in [-0.15, -0.1) is 0 Å². The fraction of sp³-hybridized carbons (Fsp3) is 0.400. The van der Waals surface area contributed by atoms with Crippen molar-refractivity contribution in [2.75, 3.05) is 13.2 Å². The summed E-state index contributed by atoms with van der Waals surface area (Å²) in [6.07, 6.45) is 0. The van der Waals surface area contributed by atoms with Crippen LogP contribution in [0.4, 0.5) is 0 Å². The second-order valence-corrected chi connectivity index (χ2v) is 5.27. The molecule has 0 heterocycles. The first-order chi connectivity index (χ1) is 11.1. The molecule has 0 saturated carbocycles. The lowest BCUT2D eigenvalue weighted by Crippen LogP contribution is -2.11. The molecule has 2 rings (SSSR count).